The van der Waals surface area contributed by atoms with E-state index >= 15 is 0 Å². The maximum atomic E-state index is 12.4. The summed E-state index contributed by atoms with van der Waals surface area (Å²) in [4.78, 5) is 24.0. The van der Waals surface area contributed by atoms with Gasteiger partial charge in [-0.05, 0) is 57.8 Å². The Labute approximate surface area is 122 Å². The van der Waals surface area contributed by atoms with E-state index in [1.165, 1.54) is 32.8 Å². The average Bonchev–Trinajstić information content (AvgIpc) is 2.99. The third kappa shape index (κ3) is 3.24. The number of Topliss-reactive ketones (excluding diaryl/α,β-unsaturated/α-hetero) is 1. The van der Waals surface area contributed by atoms with Crippen LogP contribution in [-0.2, 0) is 14.3 Å². The molecule has 20 heavy (non-hydrogen) atoms. The van der Waals surface area contributed by atoms with E-state index in [4.69, 9.17) is 4.74 Å². The van der Waals surface area contributed by atoms with Crippen LogP contribution >= 0.6 is 0 Å². The highest BCUT2D eigenvalue weighted by atomic mass is 16.5. The summed E-state index contributed by atoms with van der Waals surface area (Å²) < 4.78 is 4.81. The molecule has 3 atom stereocenters. The van der Waals surface area contributed by atoms with Crippen molar-refractivity contribution in [2.45, 2.75) is 65.2 Å². The number of ketones is 1. The standard InChI is InChI=1S/C17H28O3/c1-17(2,16(19)20-3)11-5-8-15(18)14-10-9-12-6-4-7-13(12)14/h12-14H,4-11H2,1-3H3/t12-,13-,14-/m0/s1. The smallest absolute Gasteiger partial charge is 0.311 e. The number of hydrogen-bond acceptors (Lipinski definition) is 3. The molecule has 0 spiro atoms. The van der Waals surface area contributed by atoms with Crippen LogP contribution in [0, 0.1) is 23.2 Å². The van der Waals surface area contributed by atoms with Crippen molar-refractivity contribution >= 4 is 11.8 Å². The van der Waals surface area contributed by atoms with E-state index in [0.717, 1.165) is 25.2 Å². The topological polar surface area (TPSA) is 43.4 Å². The van der Waals surface area contributed by atoms with Gasteiger partial charge in [0.15, 0.2) is 0 Å². The van der Waals surface area contributed by atoms with E-state index in [1.54, 1.807) is 0 Å². The Kier molecular flexibility index (Phi) is 4.87. The van der Waals surface area contributed by atoms with Crippen LogP contribution in [0.4, 0.5) is 0 Å². The van der Waals surface area contributed by atoms with Gasteiger partial charge in [-0.2, -0.15) is 0 Å². The summed E-state index contributed by atoms with van der Waals surface area (Å²) >= 11 is 0. The zero-order valence-electron chi connectivity index (χ0n) is 13.1. The predicted octanol–water partition coefficient (Wildman–Crippen LogP) is 3.75. The second-order valence-corrected chi connectivity index (χ2v) is 7.23. The van der Waals surface area contributed by atoms with Gasteiger partial charge in [-0.1, -0.05) is 12.8 Å². The Morgan fingerprint density at radius 3 is 2.60 bits per heavy atom. The van der Waals surface area contributed by atoms with E-state index in [9.17, 15) is 9.59 Å². The first-order valence-electron chi connectivity index (χ1n) is 8.07. The first-order valence-corrected chi connectivity index (χ1v) is 8.07. The Bertz CT molecular complexity index is 372. The van der Waals surface area contributed by atoms with Crippen LogP contribution in [0.3, 0.4) is 0 Å². The zero-order valence-corrected chi connectivity index (χ0v) is 13.1. The molecule has 2 aliphatic carbocycles. The predicted molar refractivity (Wildman–Crippen MR) is 78.2 cm³/mol. The Morgan fingerprint density at radius 2 is 1.90 bits per heavy atom. The van der Waals surface area contributed by atoms with Crippen molar-refractivity contribution in [3.8, 4) is 0 Å². The molecule has 0 unspecified atom stereocenters. The molecule has 0 saturated heterocycles. The van der Waals surface area contributed by atoms with E-state index < -0.39 is 5.41 Å². The second-order valence-electron chi connectivity index (χ2n) is 7.23. The van der Waals surface area contributed by atoms with Crippen LogP contribution < -0.4 is 0 Å². The zero-order chi connectivity index (χ0) is 14.8. The number of methoxy groups -OCH3 is 1. The molecule has 0 N–H and O–H groups in total. The Balaban J connectivity index is 1.77. The van der Waals surface area contributed by atoms with Crippen molar-refractivity contribution in [1.82, 2.24) is 0 Å². The minimum absolute atomic E-state index is 0.179. The lowest BCUT2D eigenvalue weighted by Crippen LogP contribution is -2.26. The molecular formula is C17H28O3. The number of carbonyl (C=O) groups is 2. The second kappa shape index (κ2) is 6.28. The highest BCUT2D eigenvalue weighted by molar-refractivity contribution is 5.82. The molecular weight excluding hydrogens is 252 g/mol. The van der Waals surface area contributed by atoms with Crippen molar-refractivity contribution in [2.24, 2.45) is 23.2 Å². The summed E-state index contributed by atoms with van der Waals surface area (Å²) in [6.07, 6.45) is 8.44. The summed E-state index contributed by atoms with van der Waals surface area (Å²) in [5.41, 5.74) is -0.472. The number of fused-ring (bicyclic) bond motifs is 1. The van der Waals surface area contributed by atoms with Crippen molar-refractivity contribution < 1.29 is 14.3 Å². The van der Waals surface area contributed by atoms with E-state index in [0.29, 0.717) is 24.0 Å². The molecule has 2 rings (SSSR count). The van der Waals surface area contributed by atoms with E-state index in [2.05, 4.69) is 0 Å². The van der Waals surface area contributed by atoms with E-state index in [1.807, 2.05) is 13.8 Å². The van der Waals surface area contributed by atoms with Crippen LogP contribution in [0.15, 0.2) is 0 Å². The van der Waals surface area contributed by atoms with Gasteiger partial charge < -0.3 is 4.74 Å². The Morgan fingerprint density at radius 1 is 1.15 bits per heavy atom. The minimum atomic E-state index is -0.472. The first-order chi connectivity index (χ1) is 9.45. The molecule has 0 aromatic carbocycles. The lowest BCUT2D eigenvalue weighted by atomic mass is 9.83. The quantitative estimate of drug-likeness (QED) is 0.696. The third-order valence-corrected chi connectivity index (χ3v) is 5.46. The van der Waals surface area contributed by atoms with Crippen molar-refractivity contribution in [2.75, 3.05) is 7.11 Å². The van der Waals surface area contributed by atoms with Crippen LogP contribution in [-0.4, -0.2) is 18.9 Å². The highest BCUT2D eigenvalue weighted by Gasteiger charge is 2.42. The first kappa shape index (κ1) is 15.5. The van der Waals surface area contributed by atoms with Gasteiger partial charge in [-0.15, -0.1) is 0 Å². The number of carbonyl (C=O) groups excluding carboxylic acids is 2. The molecule has 114 valence electrons. The molecule has 2 fully saturated rings. The van der Waals surface area contributed by atoms with E-state index in [-0.39, 0.29) is 5.97 Å². The van der Waals surface area contributed by atoms with Crippen molar-refractivity contribution in [3.63, 3.8) is 0 Å². The van der Waals surface area contributed by atoms with Gasteiger partial charge in [0.05, 0.1) is 12.5 Å². The van der Waals surface area contributed by atoms with Gasteiger partial charge >= 0.3 is 5.97 Å². The van der Waals surface area contributed by atoms with Crippen LogP contribution in [0.5, 0.6) is 0 Å². The lowest BCUT2D eigenvalue weighted by molar-refractivity contribution is -0.151. The van der Waals surface area contributed by atoms with Gasteiger partial charge in [0.25, 0.3) is 0 Å². The molecule has 0 radical (unpaired) electrons. The number of rotatable bonds is 6. The van der Waals surface area contributed by atoms with Crippen LogP contribution in [0.2, 0.25) is 0 Å². The highest BCUT2D eigenvalue weighted by Crippen LogP contribution is 2.48. The normalized spacial score (nSPS) is 29.2. The molecule has 0 aromatic rings. The molecule has 0 aliphatic heterocycles. The molecule has 0 heterocycles. The number of esters is 1. The molecule has 2 aliphatic rings. The molecule has 2 saturated carbocycles. The lowest BCUT2D eigenvalue weighted by Gasteiger charge is -2.22. The number of ether oxygens (including phenoxy) is 1. The monoisotopic (exact) mass is 280 g/mol. The van der Waals surface area contributed by atoms with Crippen LogP contribution in [0.25, 0.3) is 0 Å². The summed E-state index contributed by atoms with van der Waals surface area (Å²) in [5, 5.41) is 0. The summed E-state index contributed by atoms with van der Waals surface area (Å²) in [7, 11) is 1.42. The van der Waals surface area contributed by atoms with Crippen molar-refractivity contribution in [3.05, 3.63) is 0 Å². The van der Waals surface area contributed by atoms with Gasteiger partial charge in [0.1, 0.15) is 5.78 Å². The number of hydrogen-bond donors (Lipinski definition) is 0. The largest absolute Gasteiger partial charge is 0.469 e. The fourth-order valence-electron chi connectivity index (χ4n) is 4.23. The molecule has 0 aromatic heterocycles. The third-order valence-electron chi connectivity index (χ3n) is 5.46. The van der Waals surface area contributed by atoms with Crippen molar-refractivity contribution in [1.29, 1.82) is 0 Å². The summed E-state index contributed by atoms with van der Waals surface area (Å²) in [6.45, 7) is 3.79. The molecule has 0 amide bonds. The summed E-state index contributed by atoms with van der Waals surface area (Å²) in [6, 6.07) is 0. The maximum absolute atomic E-state index is 12.4. The fraction of sp³-hybridized carbons (Fsp3) is 0.882. The van der Waals surface area contributed by atoms with Crippen LogP contribution in [0.1, 0.15) is 65.2 Å². The fourth-order valence-corrected chi connectivity index (χ4v) is 4.23. The Hall–Kier alpha value is -0.860. The minimum Gasteiger partial charge on any atom is -0.469 e. The average molecular weight is 280 g/mol. The van der Waals surface area contributed by atoms with Gasteiger partial charge in [-0.3, -0.25) is 9.59 Å². The van der Waals surface area contributed by atoms with Gasteiger partial charge in [0, 0.05) is 12.3 Å². The summed E-state index contributed by atoms with van der Waals surface area (Å²) in [5.74, 6) is 2.09. The molecule has 3 nitrogen and oxygen atoms in total. The SMILES string of the molecule is COC(=O)C(C)(C)CCCC(=O)[C@H]1CC[C@@H]2CCC[C@@H]21. The van der Waals surface area contributed by atoms with Gasteiger partial charge in [-0.25, -0.2) is 0 Å². The maximum Gasteiger partial charge on any atom is 0.311 e. The molecule has 3 heteroatoms. The van der Waals surface area contributed by atoms with Gasteiger partial charge in [0.2, 0.25) is 0 Å². The molecule has 0 bridgehead atoms.